The molecule has 1 aromatic carbocycles. The summed E-state index contributed by atoms with van der Waals surface area (Å²) in [6, 6.07) is 10.3. The lowest BCUT2D eigenvalue weighted by Gasteiger charge is -2.04. The minimum Gasteiger partial charge on any atom is -0.380 e. The van der Waals surface area contributed by atoms with Gasteiger partial charge in [-0.05, 0) is 29.6 Å². The number of benzene rings is 1. The number of hydrogen-bond acceptors (Lipinski definition) is 3. The summed E-state index contributed by atoms with van der Waals surface area (Å²) in [5.41, 5.74) is 3.18. The number of rotatable bonds is 3. The number of nitrogens with zero attached hydrogens (tertiary/aromatic N) is 1. The fraction of sp³-hybridized carbons (Fsp3) is 0.0833. The number of fused-ring (bicyclic) bond motifs is 1. The number of aromatic nitrogens is 2. The molecule has 2 aromatic heterocycles. The van der Waals surface area contributed by atoms with Crippen LogP contribution in [0.5, 0.6) is 0 Å². The van der Waals surface area contributed by atoms with Gasteiger partial charge < -0.3 is 10.3 Å². The van der Waals surface area contributed by atoms with Crippen LogP contribution >= 0.6 is 11.3 Å². The summed E-state index contributed by atoms with van der Waals surface area (Å²) in [7, 11) is 0. The van der Waals surface area contributed by atoms with Gasteiger partial charge in [0.1, 0.15) is 0 Å². The number of hydrogen-bond donors (Lipinski definition) is 2. The Balaban J connectivity index is 1.78. The Morgan fingerprint density at radius 2 is 2.31 bits per heavy atom. The molecule has 0 unspecified atom stereocenters. The first-order valence-electron chi connectivity index (χ1n) is 5.11. The summed E-state index contributed by atoms with van der Waals surface area (Å²) in [5, 5.41) is 5.48. The lowest BCUT2D eigenvalue weighted by atomic mass is 10.2. The second-order valence-electron chi connectivity index (χ2n) is 3.57. The van der Waals surface area contributed by atoms with Crippen molar-refractivity contribution < 1.29 is 0 Å². The number of nitrogens with one attached hydrogen (secondary N) is 2. The van der Waals surface area contributed by atoms with E-state index in [4.69, 9.17) is 0 Å². The molecule has 0 saturated heterocycles. The maximum atomic E-state index is 4.19. The normalized spacial score (nSPS) is 10.8. The second-order valence-corrected chi connectivity index (χ2v) is 4.60. The molecule has 0 aliphatic rings. The highest BCUT2D eigenvalue weighted by Crippen LogP contribution is 2.17. The SMILES string of the molecule is c1csc(CNc2ccc3nc[nH]c3c2)c1. The second kappa shape index (κ2) is 3.98. The number of imidazole rings is 1. The molecule has 0 atom stereocenters. The van der Waals surface area contributed by atoms with Crippen LogP contribution in [0.15, 0.2) is 42.0 Å². The van der Waals surface area contributed by atoms with E-state index in [9.17, 15) is 0 Å². The number of H-pyrrole nitrogens is 1. The topological polar surface area (TPSA) is 40.7 Å². The summed E-state index contributed by atoms with van der Waals surface area (Å²) in [5.74, 6) is 0. The summed E-state index contributed by atoms with van der Waals surface area (Å²) in [6.07, 6.45) is 1.72. The average molecular weight is 229 g/mol. The predicted molar refractivity (Wildman–Crippen MR) is 67.7 cm³/mol. The van der Waals surface area contributed by atoms with Crippen molar-refractivity contribution in [2.24, 2.45) is 0 Å². The van der Waals surface area contributed by atoms with E-state index in [2.05, 4.69) is 44.9 Å². The van der Waals surface area contributed by atoms with Crippen LogP contribution in [-0.2, 0) is 6.54 Å². The van der Waals surface area contributed by atoms with Gasteiger partial charge in [0, 0.05) is 17.1 Å². The van der Waals surface area contributed by atoms with Gasteiger partial charge in [-0.2, -0.15) is 0 Å². The fourth-order valence-electron chi connectivity index (χ4n) is 1.65. The molecule has 0 bridgehead atoms. The molecule has 2 heterocycles. The molecule has 3 nitrogen and oxygen atoms in total. The van der Waals surface area contributed by atoms with Crippen molar-refractivity contribution in [2.75, 3.05) is 5.32 Å². The van der Waals surface area contributed by atoms with Crippen LogP contribution in [0.3, 0.4) is 0 Å². The van der Waals surface area contributed by atoms with Crippen LogP contribution in [0.4, 0.5) is 5.69 Å². The maximum Gasteiger partial charge on any atom is 0.0931 e. The number of thiophene rings is 1. The Morgan fingerprint density at radius 3 is 3.19 bits per heavy atom. The zero-order valence-electron chi connectivity index (χ0n) is 8.60. The van der Waals surface area contributed by atoms with Crippen molar-refractivity contribution in [3.8, 4) is 0 Å². The van der Waals surface area contributed by atoms with Gasteiger partial charge in [-0.25, -0.2) is 4.98 Å². The highest BCUT2D eigenvalue weighted by Gasteiger charge is 1.98. The van der Waals surface area contributed by atoms with Crippen molar-refractivity contribution in [3.63, 3.8) is 0 Å². The van der Waals surface area contributed by atoms with Gasteiger partial charge in [0.2, 0.25) is 0 Å². The van der Waals surface area contributed by atoms with Crippen molar-refractivity contribution >= 4 is 28.1 Å². The molecule has 16 heavy (non-hydrogen) atoms. The van der Waals surface area contributed by atoms with E-state index in [-0.39, 0.29) is 0 Å². The van der Waals surface area contributed by atoms with E-state index in [0.717, 1.165) is 23.3 Å². The van der Waals surface area contributed by atoms with Crippen molar-refractivity contribution in [3.05, 3.63) is 46.9 Å². The van der Waals surface area contributed by atoms with Gasteiger partial charge in [0.25, 0.3) is 0 Å². The molecule has 0 aliphatic carbocycles. The quantitative estimate of drug-likeness (QED) is 0.724. The van der Waals surface area contributed by atoms with Crippen LogP contribution in [0, 0.1) is 0 Å². The monoisotopic (exact) mass is 229 g/mol. The summed E-state index contributed by atoms with van der Waals surface area (Å²) >= 11 is 1.76. The first-order chi connectivity index (χ1) is 7.92. The number of anilines is 1. The van der Waals surface area contributed by atoms with Crippen LogP contribution in [-0.4, -0.2) is 9.97 Å². The standard InChI is InChI=1S/C12H11N3S/c1-2-10(16-5-1)7-13-9-3-4-11-12(6-9)15-8-14-11/h1-6,8,13H,7H2,(H,14,15). The minimum atomic E-state index is 0.872. The molecule has 0 radical (unpaired) electrons. The zero-order valence-corrected chi connectivity index (χ0v) is 9.42. The Labute approximate surface area is 97.2 Å². The highest BCUT2D eigenvalue weighted by atomic mass is 32.1. The third-order valence-corrected chi connectivity index (χ3v) is 3.34. The molecule has 4 heteroatoms. The minimum absolute atomic E-state index is 0.872. The maximum absolute atomic E-state index is 4.19. The van der Waals surface area contributed by atoms with Gasteiger partial charge in [0.05, 0.1) is 17.4 Å². The summed E-state index contributed by atoms with van der Waals surface area (Å²) in [4.78, 5) is 8.63. The van der Waals surface area contributed by atoms with Gasteiger partial charge in [-0.15, -0.1) is 11.3 Å². The molecule has 0 aliphatic heterocycles. The molecule has 0 amide bonds. The van der Waals surface area contributed by atoms with Crippen LogP contribution in [0.1, 0.15) is 4.88 Å². The van der Waals surface area contributed by atoms with Crippen LogP contribution in [0.2, 0.25) is 0 Å². The third kappa shape index (κ3) is 1.79. The highest BCUT2D eigenvalue weighted by molar-refractivity contribution is 7.09. The van der Waals surface area contributed by atoms with Gasteiger partial charge in [0.15, 0.2) is 0 Å². The zero-order chi connectivity index (χ0) is 10.8. The van der Waals surface area contributed by atoms with Gasteiger partial charge >= 0.3 is 0 Å². The van der Waals surface area contributed by atoms with Crippen molar-refractivity contribution in [1.82, 2.24) is 9.97 Å². The molecular formula is C12H11N3S. The number of aromatic amines is 1. The van der Waals surface area contributed by atoms with Gasteiger partial charge in [-0.3, -0.25) is 0 Å². The summed E-state index contributed by atoms with van der Waals surface area (Å²) < 4.78 is 0. The third-order valence-electron chi connectivity index (χ3n) is 2.47. The molecule has 3 aromatic rings. The summed E-state index contributed by atoms with van der Waals surface area (Å²) in [6.45, 7) is 0.872. The lowest BCUT2D eigenvalue weighted by molar-refractivity contribution is 1.19. The lowest BCUT2D eigenvalue weighted by Crippen LogP contribution is -1.96. The molecule has 0 fully saturated rings. The molecule has 0 saturated carbocycles. The van der Waals surface area contributed by atoms with Gasteiger partial charge in [-0.1, -0.05) is 6.07 Å². The van der Waals surface area contributed by atoms with E-state index in [1.807, 2.05) is 6.07 Å². The Morgan fingerprint density at radius 1 is 1.31 bits per heavy atom. The molecular weight excluding hydrogens is 218 g/mol. The van der Waals surface area contributed by atoms with E-state index in [1.165, 1.54) is 4.88 Å². The van der Waals surface area contributed by atoms with E-state index in [1.54, 1.807) is 17.7 Å². The average Bonchev–Trinajstić information content (AvgIpc) is 2.97. The van der Waals surface area contributed by atoms with Crippen molar-refractivity contribution in [2.45, 2.75) is 6.54 Å². The van der Waals surface area contributed by atoms with Crippen LogP contribution in [0.25, 0.3) is 11.0 Å². The largest absolute Gasteiger partial charge is 0.380 e. The van der Waals surface area contributed by atoms with Crippen LogP contribution < -0.4 is 5.32 Å². The van der Waals surface area contributed by atoms with Crippen molar-refractivity contribution in [1.29, 1.82) is 0 Å². The molecule has 80 valence electrons. The Kier molecular flexibility index (Phi) is 2.34. The Hall–Kier alpha value is -1.81. The predicted octanol–water partition coefficient (Wildman–Crippen LogP) is 3.24. The fourth-order valence-corrected chi connectivity index (χ4v) is 2.29. The van der Waals surface area contributed by atoms with E-state index in [0.29, 0.717) is 0 Å². The first-order valence-corrected chi connectivity index (χ1v) is 5.99. The first kappa shape index (κ1) is 9.42. The smallest absolute Gasteiger partial charge is 0.0931 e. The van der Waals surface area contributed by atoms with E-state index >= 15 is 0 Å². The molecule has 2 N–H and O–H groups in total. The molecule has 3 rings (SSSR count). The Bertz CT molecular complexity index is 583. The molecule has 0 spiro atoms. The van der Waals surface area contributed by atoms with E-state index < -0.39 is 0 Å².